The molecule has 1 nitrogen and oxygen atoms in total. The van der Waals surface area contributed by atoms with Crippen LogP contribution in [0.2, 0.25) is 0 Å². The number of methoxy groups -OCH3 is 1. The summed E-state index contributed by atoms with van der Waals surface area (Å²) in [6, 6.07) is 0. The van der Waals surface area contributed by atoms with Gasteiger partial charge in [0.2, 0.25) is 5.92 Å². The van der Waals surface area contributed by atoms with Crippen LogP contribution >= 0.6 is 0 Å². The summed E-state index contributed by atoms with van der Waals surface area (Å²) in [5, 5.41) is 0. The first-order chi connectivity index (χ1) is 3.56. The topological polar surface area (TPSA) is 9.23 Å². The molecule has 0 aliphatic rings. The fourth-order valence-electron chi connectivity index (χ4n) is 0.281. The molecular formula is C5H10F2O. The molecule has 0 saturated carbocycles. The lowest BCUT2D eigenvalue weighted by atomic mass is 10.3. The first-order valence-corrected chi connectivity index (χ1v) is 2.43. The fourth-order valence-corrected chi connectivity index (χ4v) is 0.281. The first kappa shape index (κ1) is 7.82. The third kappa shape index (κ3) is 5.82. The van der Waals surface area contributed by atoms with Gasteiger partial charge in [-0.2, -0.15) is 0 Å². The Morgan fingerprint density at radius 1 is 1.50 bits per heavy atom. The van der Waals surface area contributed by atoms with Gasteiger partial charge in [0.15, 0.2) is 0 Å². The minimum Gasteiger partial charge on any atom is -0.384 e. The maximum absolute atomic E-state index is 11.8. The summed E-state index contributed by atoms with van der Waals surface area (Å²) in [5.41, 5.74) is 0. The summed E-state index contributed by atoms with van der Waals surface area (Å²) in [7, 11) is 1.41. The Morgan fingerprint density at radius 2 is 2.00 bits per heavy atom. The molecule has 0 heterocycles. The Hall–Kier alpha value is -0.180. The van der Waals surface area contributed by atoms with Gasteiger partial charge in [-0.25, -0.2) is 8.78 Å². The number of hydrogen-bond donors (Lipinski definition) is 0. The molecule has 0 saturated heterocycles. The van der Waals surface area contributed by atoms with Gasteiger partial charge in [0.25, 0.3) is 0 Å². The summed E-state index contributed by atoms with van der Waals surface area (Å²) in [5.74, 6) is -2.57. The van der Waals surface area contributed by atoms with Crippen LogP contribution in [0.5, 0.6) is 0 Å². The molecule has 8 heavy (non-hydrogen) atoms. The Kier molecular flexibility index (Phi) is 2.90. The average molecular weight is 124 g/mol. The average Bonchev–Trinajstić information content (AvgIpc) is 1.59. The molecule has 50 valence electrons. The lowest BCUT2D eigenvalue weighted by molar-refractivity contribution is -0.00890. The highest BCUT2D eigenvalue weighted by Gasteiger charge is 2.19. The summed E-state index contributed by atoms with van der Waals surface area (Å²) in [4.78, 5) is 0. The molecule has 0 rings (SSSR count). The maximum Gasteiger partial charge on any atom is 0.247 e. The minimum absolute atomic E-state index is 0.128. The molecule has 0 unspecified atom stereocenters. The van der Waals surface area contributed by atoms with Gasteiger partial charge in [-0.1, -0.05) is 0 Å². The van der Waals surface area contributed by atoms with Crippen LogP contribution in [0, 0.1) is 0 Å². The van der Waals surface area contributed by atoms with Crippen LogP contribution in [0.3, 0.4) is 0 Å². The van der Waals surface area contributed by atoms with Crippen LogP contribution < -0.4 is 0 Å². The van der Waals surface area contributed by atoms with Gasteiger partial charge in [-0.3, -0.25) is 0 Å². The monoisotopic (exact) mass is 124 g/mol. The quantitative estimate of drug-likeness (QED) is 0.556. The van der Waals surface area contributed by atoms with Gasteiger partial charge in [0.1, 0.15) is 0 Å². The van der Waals surface area contributed by atoms with Crippen LogP contribution in [-0.4, -0.2) is 19.6 Å². The molecule has 0 amide bonds. The van der Waals surface area contributed by atoms with Crippen molar-refractivity contribution >= 4 is 0 Å². The van der Waals surface area contributed by atoms with Crippen molar-refractivity contribution in [2.45, 2.75) is 19.3 Å². The number of alkyl halides is 2. The zero-order valence-electron chi connectivity index (χ0n) is 5.08. The van der Waals surface area contributed by atoms with Gasteiger partial charge >= 0.3 is 0 Å². The zero-order chi connectivity index (χ0) is 6.62. The SMILES string of the molecule is COCCC(C)(F)F. The van der Waals surface area contributed by atoms with Crippen molar-refractivity contribution < 1.29 is 13.5 Å². The van der Waals surface area contributed by atoms with Crippen molar-refractivity contribution in [3.63, 3.8) is 0 Å². The second-order valence-electron chi connectivity index (χ2n) is 1.81. The molecule has 0 N–H and O–H groups in total. The van der Waals surface area contributed by atoms with Gasteiger partial charge < -0.3 is 4.74 Å². The minimum atomic E-state index is -2.57. The predicted octanol–water partition coefficient (Wildman–Crippen LogP) is 1.68. The van der Waals surface area contributed by atoms with Crippen LogP contribution in [0.4, 0.5) is 8.78 Å². The van der Waals surface area contributed by atoms with Crippen molar-refractivity contribution in [2.75, 3.05) is 13.7 Å². The number of hydrogen-bond acceptors (Lipinski definition) is 1. The van der Waals surface area contributed by atoms with Gasteiger partial charge in [0, 0.05) is 13.5 Å². The normalized spacial score (nSPS) is 12.0. The summed E-state index contributed by atoms with van der Waals surface area (Å²) >= 11 is 0. The molecule has 0 fully saturated rings. The molecule has 0 aromatic heterocycles. The highest BCUT2D eigenvalue weighted by molar-refractivity contribution is 4.55. The van der Waals surface area contributed by atoms with Crippen molar-refractivity contribution in [3.05, 3.63) is 0 Å². The molecule has 0 aromatic rings. The molecule has 3 heteroatoms. The smallest absolute Gasteiger partial charge is 0.247 e. The second-order valence-corrected chi connectivity index (χ2v) is 1.81. The standard InChI is InChI=1S/C5H10F2O/c1-5(6,7)3-4-8-2/h3-4H2,1-2H3. The van der Waals surface area contributed by atoms with E-state index in [-0.39, 0.29) is 13.0 Å². The van der Waals surface area contributed by atoms with E-state index in [1.54, 1.807) is 0 Å². The fraction of sp³-hybridized carbons (Fsp3) is 1.00. The van der Waals surface area contributed by atoms with E-state index in [9.17, 15) is 8.78 Å². The number of rotatable bonds is 3. The number of halogens is 2. The van der Waals surface area contributed by atoms with Crippen LogP contribution in [0.1, 0.15) is 13.3 Å². The van der Waals surface area contributed by atoms with E-state index in [0.29, 0.717) is 0 Å². The van der Waals surface area contributed by atoms with Gasteiger partial charge in [-0.15, -0.1) is 0 Å². The molecule has 0 bridgehead atoms. The van der Waals surface area contributed by atoms with Gasteiger partial charge in [0.05, 0.1) is 6.61 Å². The molecule has 0 spiro atoms. The van der Waals surface area contributed by atoms with E-state index in [1.165, 1.54) is 7.11 Å². The lowest BCUT2D eigenvalue weighted by Gasteiger charge is -2.07. The first-order valence-electron chi connectivity index (χ1n) is 2.43. The van der Waals surface area contributed by atoms with Crippen LogP contribution in [0.15, 0.2) is 0 Å². The maximum atomic E-state index is 11.8. The second kappa shape index (κ2) is 2.97. The van der Waals surface area contributed by atoms with Crippen LogP contribution in [0.25, 0.3) is 0 Å². The van der Waals surface area contributed by atoms with Crippen LogP contribution in [-0.2, 0) is 4.74 Å². The molecular weight excluding hydrogens is 114 g/mol. The van der Waals surface area contributed by atoms with E-state index in [0.717, 1.165) is 6.92 Å². The van der Waals surface area contributed by atoms with Crippen molar-refractivity contribution in [1.29, 1.82) is 0 Å². The number of ether oxygens (including phenoxy) is 1. The molecule has 0 aromatic carbocycles. The highest BCUT2D eigenvalue weighted by atomic mass is 19.3. The Morgan fingerprint density at radius 3 is 2.12 bits per heavy atom. The molecule has 0 radical (unpaired) electrons. The van der Waals surface area contributed by atoms with Gasteiger partial charge in [-0.05, 0) is 6.92 Å². The predicted molar refractivity (Wildman–Crippen MR) is 27.1 cm³/mol. The summed E-state index contributed by atoms with van der Waals surface area (Å²) in [6.45, 7) is 1.01. The largest absolute Gasteiger partial charge is 0.384 e. The summed E-state index contributed by atoms with van der Waals surface area (Å²) in [6.07, 6.45) is -0.191. The van der Waals surface area contributed by atoms with Crippen molar-refractivity contribution in [1.82, 2.24) is 0 Å². The van der Waals surface area contributed by atoms with E-state index in [2.05, 4.69) is 4.74 Å². The van der Waals surface area contributed by atoms with Crippen molar-refractivity contribution in [3.8, 4) is 0 Å². The third-order valence-corrected chi connectivity index (χ3v) is 0.745. The van der Waals surface area contributed by atoms with E-state index in [4.69, 9.17) is 0 Å². The van der Waals surface area contributed by atoms with Crippen molar-refractivity contribution in [2.24, 2.45) is 0 Å². The van der Waals surface area contributed by atoms with E-state index in [1.807, 2.05) is 0 Å². The Labute approximate surface area is 47.6 Å². The Balaban J connectivity index is 3.11. The highest BCUT2D eigenvalue weighted by Crippen LogP contribution is 2.15. The third-order valence-electron chi connectivity index (χ3n) is 0.745. The molecule has 0 atom stereocenters. The molecule has 0 aliphatic heterocycles. The Bertz CT molecular complexity index is 57.9. The van der Waals surface area contributed by atoms with E-state index < -0.39 is 5.92 Å². The molecule has 0 aliphatic carbocycles. The van der Waals surface area contributed by atoms with E-state index >= 15 is 0 Å². The summed E-state index contributed by atoms with van der Waals surface area (Å²) < 4.78 is 28.1. The zero-order valence-corrected chi connectivity index (χ0v) is 5.08. The lowest BCUT2D eigenvalue weighted by Crippen LogP contribution is -2.12.